The quantitative estimate of drug-likeness (QED) is 0.788. The smallest absolute Gasteiger partial charge is 0.252 e. The molecule has 0 spiro atoms. The SMILES string of the molecule is CC(C)NC(=O)c1cc(-c2ccccc2)nc2ccc(F)cc12. The maximum atomic E-state index is 13.6. The van der Waals surface area contributed by atoms with Crippen LogP contribution in [0.15, 0.2) is 54.6 Å². The Hall–Kier alpha value is -2.75. The van der Waals surface area contributed by atoms with E-state index in [4.69, 9.17) is 0 Å². The third-order valence-electron chi connectivity index (χ3n) is 3.50. The van der Waals surface area contributed by atoms with E-state index in [1.165, 1.54) is 12.1 Å². The second-order valence-electron chi connectivity index (χ2n) is 5.71. The zero-order valence-electron chi connectivity index (χ0n) is 13.0. The van der Waals surface area contributed by atoms with Crippen molar-refractivity contribution in [2.45, 2.75) is 19.9 Å². The predicted molar refractivity (Wildman–Crippen MR) is 89.7 cm³/mol. The number of pyridine rings is 1. The summed E-state index contributed by atoms with van der Waals surface area (Å²) in [7, 11) is 0. The third-order valence-corrected chi connectivity index (χ3v) is 3.50. The van der Waals surface area contributed by atoms with Gasteiger partial charge in [0.05, 0.1) is 16.8 Å². The van der Waals surface area contributed by atoms with Gasteiger partial charge in [-0.3, -0.25) is 4.79 Å². The number of hydrogen-bond acceptors (Lipinski definition) is 2. The maximum Gasteiger partial charge on any atom is 0.252 e. The molecule has 2 aromatic carbocycles. The molecule has 0 saturated heterocycles. The number of amides is 1. The van der Waals surface area contributed by atoms with Crippen molar-refractivity contribution < 1.29 is 9.18 Å². The number of benzene rings is 2. The van der Waals surface area contributed by atoms with Crippen LogP contribution in [0.5, 0.6) is 0 Å². The maximum absolute atomic E-state index is 13.6. The van der Waals surface area contributed by atoms with E-state index in [0.29, 0.717) is 22.2 Å². The van der Waals surface area contributed by atoms with Crippen LogP contribution in [-0.2, 0) is 0 Å². The van der Waals surface area contributed by atoms with Crippen LogP contribution in [0.4, 0.5) is 4.39 Å². The normalized spacial score (nSPS) is 11.0. The minimum absolute atomic E-state index is 0.000509. The van der Waals surface area contributed by atoms with Gasteiger partial charge in [0.15, 0.2) is 0 Å². The number of carbonyl (C=O) groups is 1. The average molecular weight is 308 g/mol. The van der Waals surface area contributed by atoms with Gasteiger partial charge in [0.2, 0.25) is 0 Å². The lowest BCUT2D eigenvalue weighted by atomic mass is 10.0. The van der Waals surface area contributed by atoms with Crippen molar-refractivity contribution in [1.29, 1.82) is 0 Å². The molecule has 23 heavy (non-hydrogen) atoms. The fraction of sp³-hybridized carbons (Fsp3) is 0.158. The van der Waals surface area contributed by atoms with E-state index in [9.17, 15) is 9.18 Å². The number of fused-ring (bicyclic) bond motifs is 1. The van der Waals surface area contributed by atoms with Crippen molar-refractivity contribution in [3.8, 4) is 11.3 Å². The third kappa shape index (κ3) is 3.21. The van der Waals surface area contributed by atoms with Crippen LogP contribution in [0.2, 0.25) is 0 Å². The van der Waals surface area contributed by atoms with Crippen LogP contribution in [-0.4, -0.2) is 16.9 Å². The van der Waals surface area contributed by atoms with Crippen molar-refractivity contribution in [2.24, 2.45) is 0 Å². The number of nitrogens with one attached hydrogen (secondary N) is 1. The Bertz CT molecular complexity index is 860. The van der Waals surface area contributed by atoms with E-state index < -0.39 is 0 Å². The summed E-state index contributed by atoms with van der Waals surface area (Å²) in [6.45, 7) is 3.78. The highest BCUT2D eigenvalue weighted by Crippen LogP contribution is 2.25. The predicted octanol–water partition coefficient (Wildman–Crippen LogP) is 4.18. The molecule has 0 aliphatic heterocycles. The topological polar surface area (TPSA) is 42.0 Å². The molecule has 0 bridgehead atoms. The van der Waals surface area contributed by atoms with E-state index in [-0.39, 0.29) is 17.8 Å². The van der Waals surface area contributed by atoms with E-state index in [2.05, 4.69) is 10.3 Å². The molecule has 3 aromatic rings. The van der Waals surface area contributed by atoms with Gasteiger partial charge >= 0.3 is 0 Å². The number of rotatable bonds is 3. The number of carbonyl (C=O) groups excluding carboxylic acids is 1. The summed E-state index contributed by atoms with van der Waals surface area (Å²) < 4.78 is 13.6. The van der Waals surface area contributed by atoms with Crippen molar-refractivity contribution in [1.82, 2.24) is 10.3 Å². The van der Waals surface area contributed by atoms with Gasteiger partial charge in [0.1, 0.15) is 5.82 Å². The first-order valence-corrected chi connectivity index (χ1v) is 7.51. The first-order valence-electron chi connectivity index (χ1n) is 7.51. The van der Waals surface area contributed by atoms with Crippen molar-refractivity contribution in [3.05, 3.63) is 66.0 Å². The number of aromatic nitrogens is 1. The van der Waals surface area contributed by atoms with Gasteiger partial charge in [-0.25, -0.2) is 9.37 Å². The largest absolute Gasteiger partial charge is 0.350 e. The molecule has 0 aliphatic rings. The number of nitrogens with zero attached hydrogens (tertiary/aromatic N) is 1. The molecule has 0 atom stereocenters. The van der Waals surface area contributed by atoms with Crippen molar-refractivity contribution in [2.75, 3.05) is 0 Å². The first kappa shape index (κ1) is 15.2. The lowest BCUT2D eigenvalue weighted by Gasteiger charge is -2.12. The minimum Gasteiger partial charge on any atom is -0.350 e. The average Bonchev–Trinajstić information content (AvgIpc) is 2.54. The summed E-state index contributed by atoms with van der Waals surface area (Å²) in [5.41, 5.74) is 2.64. The van der Waals surface area contributed by atoms with E-state index in [1.54, 1.807) is 12.1 Å². The Balaban J connectivity index is 2.22. The van der Waals surface area contributed by atoms with Crippen LogP contribution in [0.3, 0.4) is 0 Å². The van der Waals surface area contributed by atoms with Crippen LogP contribution in [0.1, 0.15) is 24.2 Å². The number of halogens is 1. The fourth-order valence-electron chi connectivity index (χ4n) is 2.48. The lowest BCUT2D eigenvalue weighted by Crippen LogP contribution is -2.30. The highest BCUT2D eigenvalue weighted by molar-refractivity contribution is 6.07. The van der Waals surface area contributed by atoms with Crippen molar-refractivity contribution in [3.63, 3.8) is 0 Å². The van der Waals surface area contributed by atoms with Crippen molar-refractivity contribution >= 4 is 16.8 Å². The summed E-state index contributed by atoms with van der Waals surface area (Å²) in [5, 5.41) is 3.38. The molecule has 1 N–H and O–H groups in total. The fourth-order valence-corrected chi connectivity index (χ4v) is 2.48. The molecule has 4 heteroatoms. The standard InChI is InChI=1S/C19H17FN2O/c1-12(2)21-19(23)16-11-18(13-6-4-3-5-7-13)22-17-9-8-14(20)10-15(16)17/h3-12H,1-2H3,(H,21,23). The molecule has 1 aromatic heterocycles. The Morgan fingerprint density at radius 2 is 1.83 bits per heavy atom. The highest BCUT2D eigenvalue weighted by Gasteiger charge is 2.15. The molecule has 0 fully saturated rings. The van der Waals surface area contributed by atoms with Gasteiger partial charge in [-0.05, 0) is 38.1 Å². The molecule has 0 radical (unpaired) electrons. The Morgan fingerprint density at radius 3 is 2.52 bits per heavy atom. The van der Waals surface area contributed by atoms with Gasteiger partial charge in [0, 0.05) is 17.0 Å². The monoisotopic (exact) mass is 308 g/mol. The molecule has 0 unspecified atom stereocenters. The van der Waals surface area contributed by atoms with Gasteiger partial charge in [0.25, 0.3) is 5.91 Å². The second kappa shape index (κ2) is 6.16. The van der Waals surface area contributed by atoms with E-state index in [0.717, 1.165) is 5.56 Å². The molecule has 1 amide bonds. The summed E-state index contributed by atoms with van der Waals surface area (Å²) in [6, 6.07) is 15.6. The minimum atomic E-state index is -0.384. The van der Waals surface area contributed by atoms with Crippen LogP contribution < -0.4 is 5.32 Å². The van der Waals surface area contributed by atoms with Gasteiger partial charge in [-0.2, -0.15) is 0 Å². The summed E-state index contributed by atoms with van der Waals surface area (Å²) in [6.07, 6.45) is 0. The van der Waals surface area contributed by atoms with Gasteiger partial charge in [-0.15, -0.1) is 0 Å². The molecule has 3 rings (SSSR count). The molecule has 0 saturated carbocycles. The van der Waals surface area contributed by atoms with Gasteiger partial charge < -0.3 is 5.32 Å². The van der Waals surface area contributed by atoms with E-state index in [1.807, 2.05) is 44.2 Å². The summed E-state index contributed by atoms with van der Waals surface area (Å²) >= 11 is 0. The number of hydrogen-bond donors (Lipinski definition) is 1. The molecular weight excluding hydrogens is 291 g/mol. The molecule has 1 heterocycles. The lowest BCUT2D eigenvalue weighted by molar-refractivity contribution is 0.0945. The second-order valence-corrected chi connectivity index (χ2v) is 5.71. The van der Waals surface area contributed by atoms with E-state index >= 15 is 0 Å². The first-order chi connectivity index (χ1) is 11.0. The van der Waals surface area contributed by atoms with Crippen LogP contribution >= 0.6 is 0 Å². The molecule has 0 aliphatic carbocycles. The van der Waals surface area contributed by atoms with Crippen LogP contribution in [0, 0.1) is 5.82 Å². The zero-order chi connectivity index (χ0) is 16.4. The molecular formula is C19H17FN2O. The Labute approximate surface area is 134 Å². The highest BCUT2D eigenvalue weighted by atomic mass is 19.1. The van der Waals surface area contributed by atoms with Gasteiger partial charge in [-0.1, -0.05) is 30.3 Å². The zero-order valence-corrected chi connectivity index (χ0v) is 13.0. The Morgan fingerprint density at radius 1 is 1.09 bits per heavy atom. The summed E-state index contributed by atoms with van der Waals surface area (Å²) in [5.74, 6) is -0.611. The van der Waals surface area contributed by atoms with Crippen LogP contribution in [0.25, 0.3) is 22.2 Å². The summed E-state index contributed by atoms with van der Waals surface area (Å²) in [4.78, 5) is 17.1. The molecule has 3 nitrogen and oxygen atoms in total. The molecule has 116 valence electrons. The Kier molecular flexibility index (Phi) is 4.06.